The summed E-state index contributed by atoms with van der Waals surface area (Å²) in [5.41, 5.74) is 2.26. The molecule has 0 fully saturated rings. The van der Waals surface area contributed by atoms with Crippen molar-refractivity contribution in [2.24, 2.45) is 0 Å². The van der Waals surface area contributed by atoms with Crippen LogP contribution < -0.4 is 19.5 Å². The molecule has 0 aromatic heterocycles. The van der Waals surface area contributed by atoms with E-state index in [2.05, 4.69) is 10.0 Å². The zero-order chi connectivity index (χ0) is 34.8. The fraction of sp³-hybridized carbons (Fsp3) is 0.135. The minimum absolute atomic E-state index is 0.0593. The highest BCUT2D eigenvalue weighted by atomic mass is 35.5. The summed E-state index contributed by atoms with van der Waals surface area (Å²) < 4.78 is 52.4. The molecule has 49 heavy (non-hydrogen) atoms. The van der Waals surface area contributed by atoms with Gasteiger partial charge < -0.3 is 19.7 Å². The van der Waals surface area contributed by atoms with Crippen molar-refractivity contribution in [2.75, 3.05) is 18.4 Å². The third-order valence-electron chi connectivity index (χ3n) is 7.51. The summed E-state index contributed by atoms with van der Waals surface area (Å²) in [5.74, 6) is -0.531. The van der Waals surface area contributed by atoms with Crippen molar-refractivity contribution < 1.29 is 31.9 Å². The van der Waals surface area contributed by atoms with Gasteiger partial charge in [0.1, 0.15) is 23.4 Å². The van der Waals surface area contributed by atoms with Crippen LogP contribution in [0.25, 0.3) is 0 Å². The van der Waals surface area contributed by atoms with Crippen molar-refractivity contribution in [1.29, 1.82) is 0 Å². The lowest BCUT2D eigenvalue weighted by Gasteiger charge is -2.31. The molecule has 5 aromatic rings. The number of carbonyl (C=O) groups excluding carboxylic acids is 2. The maximum absolute atomic E-state index is 14.0. The van der Waals surface area contributed by atoms with Gasteiger partial charge in [0.05, 0.1) is 12.0 Å². The van der Waals surface area contributed by atoms with Gasteiger partial charge in [0.2, 0.25) is 5.91 Å². The lowest BCUT2D eigenvalue weighted by Crippen LogP contribution is -2.45. The number of ether oxygens (including phenoxy) is 2. The lowest BCUT2D eigenvalue weighted by atomic mass is 10.0. The predicted octanol–water partition coefficient (Wildman–Crippen LogP) is 6.75. The molecule has 2 N–H and O–H groups in total. The Balaban J connectivity index is 1.37. The Morgan fingerprint density at radius 3 is 2.10 bits per heavy atom. The lowest BCUT2D eigenvalue weighted by molar-refractivity contribution is -0.143. The van der Waals surface area contributed by atoms with Gasteiger partial charge in [-0.15, -0.1) is 0 Å². The number of halogens is 2. The second-order valence-corrected chi connectivity index (χ2v) is 13.0. The van der Waals surface area contributed by atoms with Gasteiger partial charge in [0, 0.05) is 23.8 Å². The molecule has 5 aromatic carbocycles. The van der Waals surface area contributed by atoms with Crippen molar-refractivity contribution in [3.63, 3.8) is 0 Å². The average Bonchev–Trinajstić information content (AvgIpc) is 3.12. The summed E-state index contributed by atoms with van der Waals surface area (Å²) in [7, 11) is -2.42. The van der Waals surface area contributed by atoms with Crippen LogP contribution in [0.2, 0.25) is 5.02 Å². The fourth-order valence-electron chi connectivity index (χ4n) is 4.96. The first kappa shape index (κ1) is 34.9. The molecule has 0 aliphatic heterocycles. The topological polar surface area (TPSA) is 114 Å². The Hall–Kier alpha value is -5.39. The van der Waals surface area contributed by atoms with E-state index in [1.165, 1.54) is 41.3 Å². The number of hydrogen-bond acceptors (Lipinski definition) is 6. The second-order valence-electron chi connectivity index (χ2n) is 10.9. The molecule has 12 heteroatoms. The highest BCUT2D eigenvalue weighted by Crippen LogP contribution is 2.26. The van der Waals surface area contributed by atoms with Gasteiger partial charge in [-0.25, -0.2) is 12.8 Å². The van der Waals surface area contributed by atoms with Crippen LogP contribution in [-0.4, -0.2) is 38.8 Å². The van der Waals surface area contributed by atoms with Gasteiger partial charge in [0.25, 0.3) is 15.9 Å². The first-order chi connectivity index (χ1) is 23.6. The number of nitrogens with one attached hydrogen (secondary N) is 2. The molecule has 1 atom stereocenters. The van der Waals surface area contributed by atoms with Crippen LogP contribution in [0.4, 0.5) is 10.1 Å². The molecule has 0 aliphatic carbocycles. The summed E-state index contributed by atoms with van der Waals surface area (Å²) >= 11 is 6.33. The van der Waals surface area contributed by atoms with Crippen LogP contribution in [-0.2, 0) is 32.7 Å². The van der Waals surface area contributed by atoms with Gasteiger partial charge in [-0.1, -0.05) is 72.3 Å². The molecule has 0 saturated carbocycles. The van der Waals surface area contributed by atoms with Crippen LogP contribution in [0.15, 0.2) is 132 Å². The number of nitrogens with zero attached hydrogens (tertiary/aromatic N) is 1. The van der Waals surface area contributed by atoms with E-state index in [4.69, 9.17) is 21.1 Å². The first-order valence-electron chi connectivity index (χ1n) is 15.1. The van der Waals surface area contributed by atoms with Gasteiger partial charge >= 0.3 is 0 Å². The fourth-order valence-corrected chi connectivity index (χ4v) is 6.22. The van der Waals surface area contributed by atoms with Crippen LogP contribution in [0.1, 0.15) is 22.7 Å². The Morgan fingerprint density at radius 1 is 0.816 bits per heavy atom. The van der Waals surface area contributed by atoms with E-state index < -0.39 is 40.3 Å². The summed E-state index contributed by atoms with van der Waals surface area (Å²) in [6, 6.07) is 32.6. The molecular weight excluding hydrogens is 669 g/mol. The summed E-state index contributed by atoms with van der Waals surface area (Å²) in [4.78, 5) is 29.3. The number of rotatable bonds is 14. The molecule has 252 valence electrons. The third-order valence-corrected chi connectivity index (χ3v) is 9.28. The van der Waals surface area contributed by atoms with E-state index in [9.17, 15) is 22.4 Å². The summed E-state index contributed by atoms with van der Waals surface area (Å²) in [6.45, 7) is -0.233. The molecule has 0 unspecified atom stereocenters. The maximum Gasteiger partial charge on any atom is 0.261 e. The van der Waals surface area contributed by atoms with E-state index in [1.807, 2.05) is 30.3 Å². The van der Waals surface area contributed by atoms with Gasteiger partial charge in [-0.3, -0.25) is 14.3 Å². The minimum Gasteiger partial charge on any atom is -0.497 e. The number of sulfonamides is 1. The predicted molar refractivity (Wildman–Crippen MR) is 185 cm³/mol. The minimum atomic E-state index is -3.97. The van der Waals surface area contributed by atoms with Crippen LogP contribution >= 0.6 is 11.6 Å². The zero-order valence-corrected chi connectivity index (χ0v) is 28.0. The van der Waals surface area contributed by atoms with E-state index in [0.29, 0.717) is 16.3 Å². The largest absolute Gasteiger partial charge is 0.497 e. The zero-order valence-electron chi connectivity index (χ0n) is 26.4. The number of carbonyl (C=O) groups is 2. The molecular formula is C37H33ClFN3O6S. The highest BCUT2D eigenvalue weighted by Gasteiger charge is 2.32. The van der Waals surface area contributed by atoms with Gasteiger partial charge in [0.15, 0.2) is 6.61 Å². The Morgan fingerprint density at radius 2 is 1.45 bits per heavy atom. The maximum atomic E-state index is 14.0. The van der Waals surface area contributed by atoms with Crippen LogP contribution in [0, 0.1) is 5.82 Å². The molecule has 5 rings (SSSR count). The van der Waals surface area contributed by atoms with E-state index >= 15 is 0 Å². The SMILES string of the molecule is COc1ccc(CN(C(=O)COc2ccc(S(=O)(=O)Nc3ccc(F)cc3)cc2)[C@@H](C(=O)NCc2ccccc2Cl)c2ccccc2)cc1. The Labute approximate surface area is 289 Å². The molecule has 0 spiro atoms. The molecule has 0 radical (unpaired) electrons. The smallest absolute Gasteiger partial charge is 0.261 e. The Bertz CT molecular complexity index is 1980. The van der Waals surface area contributed by atoms with Crippen molar-refractivity contribution >= 4 is 39.1 Å². The third kappa shape index (κ3) is 9.37. The van der Waals surface area contributed by atoms with Crippen molar-refractivity contribution in [2.45, 2.75) is 24.0 Å². The monoisotopic (exact) mass is 701 g/mol. The van der Waals surface area contributed by atoms with Gasteiger partial charge in [-0.05, 0) is 83.4 Å². The molecule has 9 nitrogen and oxygen atoms in total. The highest BCUT2D eigenvalue weighted by molar-refractivity contribution is 7.92. The average molecular weight is 702 g/mol. The van der Waals surface area contributed by atoms with E-state index in [-0.39, 0.29) is 29.4 Å². The van der Waals surface area contributed by atoms with Crippen molar-refractivity contribution in [3.05, 3.63) is 155 Å². The van der Waals surface area contributed by atoms with Crippen molar-refractivity contribution in [3.8, 4) is 11.5 Å². The second kappa shape index (κ2) is 16.1. The quantitative estimate of drug-likeness (QED) is 0.132. The standard InChI is InChI=1S/C37H33ClFN3O6S/c1-47-31-17-11-26(12-18-31)24-42(36(27-7-3-2-4-8-27)37(44)40-23-28-9-5-6-10-34(28)38)35(43)25-48-32-19-21-33(22-20-32)49(45,46)41-30-15-13-29(39)14-16-30/h2-22,36,41H,23-25H2,1H3,(H,40,44)/t36-/m1/s1. The number of anilines is 1. The number of amides is 2. The molecule has 2 amide bonds. The first-order valence-corrected chi connectivity index (χ1v) is 17.0. The van der Waals surface area contributed by atoms with Crippen LogP contribution in [0.3, 0.4) is 0 Å². The number of hydrogen-bond donors (Lipinski definition) is 2. The van der Waals surface area contributed by atoms with E-state index in [1.54, 1.807) is 55.6 Å². The number of methoxy groups -OCH3 is 1. The molecule has 0 saturated heterocycles. The molecule has 0 aliphatic rings. The van der Waals surface area contributed by atoms with E-state index in [0.717, 1.165) is 23.3 Å². The Kier molecular flexibility index (Phi) is 11.5. The van der Waals surface area contributed by atoms with Crippen molar-refractivity contribution in [1.82, 2.24) is 10.2 Å². The number of benzene rings is 5. The van der Waals surface area contributed by atoms with Crippen LogP contribution in [0.5, 0.6) is 11.5 Å². The molecule has 0 heterocycles. The van der Waals surface area contributed by atoms with Gasteiger partial charge in [-0.2, -0.15) is 0 Å². The molecule has 0 bridgehead atoms. The normalized spacial score (nSPS) is 11.7. The summed E-state index contributed by atoms with van der Waals surface area (Å²) in [5, 5.41) is 3.44. The summed E-state index contributed by atoms with van der Waals surface area (Å²) in [6.07, 6.45) is 0.